The minimum Gasteiger partial charge on any atom is -0.493 e. The summed E-state index contributed by atoms with van der Waals surface area (Å²) in [5.41, 5.74) is 1.55. The molecule has 1 unspecified atom stereocenters. The van der Waals surface area contributed by atoms with E-state index in [9.17, 15) is 4.79 Å². The Morgan fingerprint density at radius 3 is 2.60 bits per heavy atom. The number of methoxy groups -OCH3 is 1. The summed E-state index contributed by atoms with van der Waals surface area (Å²) in [7, 11) is 1.39. The van der Waals surface area contributed by atoms with Gasteiger partial charge in [-0.1, -0.05) is 33.1 Å². The lowest BCUT2D eigenvalue weighted by Crippen LogP contribution is -2.12. The minimum atomic E-state index is -0.323. The smallest absolute Gasteiger partial charge is 0.337 e. The average Bonchev–Trinajstić information content (AvgIpc) is 2.46. The molecule has 3 heteroatoms. The van der Waals surface area contributed by atoms with Crippen molar-refractivity contribution >= 4 is 5.97 Å². The molecule has 0 radical (unpaired) electrons. The molecule has 0 fully saturated rings. The highest BCUT2D eigenvalue weighted by molar-refractivity contribution is 5.90. The van der Waals surface area contributed by atoms with Crippen LogP contribution >= 0.6 is 0 Å². The molecular weight excluding hydrogens is 252 g/mol. The van der Waals surface area contributed by atoms with Crippen molar-refractivity contribution in [1.29, 1.82) is 0 Å². The van der Waals surface area contributed by atoms with Crippen LogP contribution in [-0.4, -0.2) is 19.7 Å². The number of hydrogen-bond acceptors (Lipinski definition) is 3. The summed E-state index contributed by atoms with van der Waals surface area (Å²) in [6.07, 6.45) is 4.77. The Bertz CT molecular complexity index is 426. The van der Waals surface area contributed by atoms with Crippen molar-refractivity contribution in [1.82, 2.24) is 0 Å². The van der Waals surface area contributed by atoms with E-state index in [1.165, 1.54) is 26.4 Å². The number of unbranched alkanes of at least 4 members (excludes halogenated alkanes) is 1. The summed E-state index contributed by atoms with van der Waals surface area (Å²) in [5.74, 6) is 1.01. The van der Waals surface area contributed by atoms with E-state index in [1.54, 1.807) is 6.07 Å². The van der Waals surface area contributed by atoms with Gasteiger partial charge < -0.3 is 9.47 Å². The monoisotopic (exact) mass is 278 g/mol. The minimum absolute atomic E-state index is 0.323. The van der Waals surface area contributed by atoms with Crippen molar-refractivity contribution in [3.05, 3.63) is 29.3 Å². The largest absolute Gasteiger partial charge is 0.493 e. The van der Waals surface area contributed by atoms with Crippen LogP contribution in [0.15, 0.2) is 18.2 Å². The second-order valence-electron chi connectivity index (χ2n) is 5.25. The molecule has 0 amide bonds. The second kappa shape index (κ2) is 8.62. The lowest BCUT2D eigenvalue weighted by atomic mass is 10.0. The normalized spacial score (nSPS) is 12.0. The first-order valence-electron chi connectivity index (χ1n) is 7.43. The van der Waals surface area contributed by atoms with Crippen molar-refractivity contribution in [3.63, 3.8) is 0 Å². The van der Waals surface area contributed by atoms with Gasteiger partial charge >= 0.3 is 5.97 Å². The van der Waals surface area contributed by atoms with E-state index in [1.807, 2.05) is 19.1 Å². The fourth-order valence-corrected chi connectivity index (χ4v) is 2.18. The molecule has 1 rings (SSSR count). The van der Waals surface area contributed by atoms with Gasteiger partial charge in [-0.25, -0.2) is 4.79 Å². The van der Waals surface area contributed by atoms with E-state index in [-0.39, 0.29) is 5.97 Å². The first kappa shape index (κ1) is 16.5. The first-order valence-corrected chi connectivity index (χ1v) is 7.43. The van der Waals surface area contributed by atoms with Gasteiger partial charge in [0.05, 0.1) is 19.3 Å². The van der Waals surface area contributed by atoms with Crippen LogP contribution in [0.4, 0.5) is 0 Å². The predicted octanol–water partition coefficient (Wildman–Crippen LogP) is 4.38. The molecule has 0 aromatic heterocycles. The fraction of sp³-hybridized carbons (Fsp3) is 0.588. The summed E-state index contributed by atoms with van der Waals surface area (Å²) in [6, 6.07) is 5.53. The molecule has 3 nitrogen and oxygen atoms in total. The highest BCUT2D eigenvalue weighted by Crippen LogP contribution is 2.20. The topological polar surface area (TPSA) is 35.5 Å². The number of rotatable bonds is 8. The molecule has 1 atom stereocenters. The van der Waals surface area contributed by atoms with E-state index < -0.39 is 0 Å². The maximum atomic E-state index is 11.6. The standard InChI is InChI=1S/C17H26O3/c1-5-7-8-14(6-2)12-20-16-10-13(3)9-15(11-16)17(18)19-4/h9-11,14H,5-8,12H2,1-4H3. The lowest BCUT2D eigenvalue weighted by Gasteiger charge is -2.16. The van der Waals surface area contributed by atoms with Gasteiger partial charge in [0.1, 0.15) is 5.75 Å². The Hall–Kier alpha value is -1.51. The van der Waals surface area contributed by atoms with Crippen molar-refractivity contribution < 1.29 is 14.3 Å². The van der Waals surface area contributed by atoms with Crippen molar-refractivity contribution in [2.24, 2.45) is 5.92 Å². The molecular formula is C17H26O3. The Labute approximate surface area is 122 Å². The number of carbonyl (C=O) groups excluding carboxylic acids is 1. The van der Waals surface area contributed by atoms with Gasteiger partial charge in [0.15, 0.2) is 0 Å². The molecule has 0 spiro atoms. The van der Waals surface area contributed by atoms with Gasteiger partial charge in [-0.3, -0.25) is 0 Å². The van der Waals surface area contributed by atoms with Crippen molar-refractivity contribution in [2.45, 2.75) is 46.5 Å². The average molecular weight is 278 g/mol. The van der Waals surface area contributed by atoms with Gasteiger partial charge in [0, 0.05) is 0 Å². The number of ether oxygens (including phenoxy) is 2. The lowest BCUT2D eigenvalue weighted by molar-refractivity contribution is 0.0600. The van der Waals surface area contributed by atoms with Crippen LogP contribution in [0.1, 0.15) is 55.5 Å². The number of esters is 1. The van der Waals surface area contributed by atoms with Crippen molar-refractivity contribution in [2.75, 3.05) is 13.7 Å². The zero-order valence-corrected chi connectivity index (χ0v) is 13.1. The van der Waals surface area contributed by atoms with E-state index in [4.69, 9.17) is 9.47 Å². The van der Waals surface area contributed by atoms with Gasteiger partial charge in [-0.05, 0) is 43.0 Å². The molecule has 1 aromatic carbocycles. The number of aryl methyl sites for hydroxylation is 1. The third-order valence-electron chi connectivity index (χ3n) is 3.50. The molecule has 0 bridgehead atoms. The number of hydrogen-bond donors (Lipinski definition) is 0. The summed E-state index contributed by atoms with van der Waals surface area (Å²) in [6.45, 7) is 7.06. The Balaban J connectivity index is 2.67. The third kappa shape index (κ3) is 5.24. The van der Waals surface area contributed by atoms with Crippen LogP contribution in [-0.2, 0) is 4.74 Å². The Morgan fingerprint density at radius 2 is 2.00 bits per heavy atom. The maximum absolute atomic E-state index is 11.6. The quantitative estimate of drug-likeness (QED) is 0.662. The third-order valence-corrected chi connectivity index (χ3v) is 3.50. The van der Waals surface area contributed by atoms with Gasteiger partial charge in [-0.2, -0.15) is 0 Å². The van der Waals surface area contributed by atoms with Gasteiger partial charge in [-0.15, -0.1) is 0 Å². The summed E-state index contributed by atoms with van der Waals surface area (Å²) in [4.78, 5) is 11.6. The second-order valence-corrected chi connectivity index (χ2v) is 5.25. The molecule has 0 N–H and O–H groups in total. The molecule has 20 heavy (non-hydrogen) atoms. The van der Waals surface area contributed by atoms with E-state index >= 15 is 0 Å². The SMILES string of the molecule is CCCCC(CC)COc1cc(C)cc(C(=O)OC)c1. The molecule has 0 saturated heterocycles. The van der Waals surface area contributed by atoms with Gasteiger partial charge in [0.2, 0.25) is 0 Å². The maximum Gasteiger partial charge on any atom is 0.337 e. The zero-order valence-electron chi connectivity index (χ0n) is 13.1. The zero-order chi connectivity index (χ0) is 15.0. The van der Waals surface area contributed by atoms with E-state index in [0.717, 1.165) is 17.7 Å². The Kier molecular flexibility index (Phi) is 7.13. The van der Waals surface area contributed by atoms with Gasteiger partial charge in [0.25, 0.3) is 0 Å². The molecule has 0 aliphatic rings. The fourth-order valence-electron chi connectivity index (χ4n) is 2.18. The Morgan fingerprint density at radius 1 is 1.25 bits per heavy atom. The molecule has 0 saturated carbocycles. The number of benzene rings is 1. The molecule has 0 aliphatic carbocycles. The summed E-state index contributed by atoms with van der Waals surface area (Å²) >= 11 is 0. The first-order chi connectivity index (χ1) is 9.60. The molecule has 0 aliphatic heterocycles. The highest BCUT2D eigenvalue weighted by Gasteiger charge is 2.10. The van der Waals surface area contributed by atoms with Crippen LogP contribution in [0, 0.1) is 12.8 Å². The van der Waals surface area contributed by atoms with Crippen LogP contribution in [0.3, 0.4) is 0 Å². The number of carbonyl (C=O) groups is 1. The van der Waals surface area contributed by atoms with E-state index in [0.29, 0.717) is 18.1 Å². The van der Waals surface area contributed by atoms with Crippen LogP contribution in [0.5, 0.6) is 5.75 Å². The van der Waals surface area contributed by atoms with Crippen LogP contribution < -0.4 is 4.74 Å². The van der Waals surface area contributed by atoms with E-state index in [2.05, 4.69) is 13.8 Å². The predicted molar refractivity (Wildman–Crippen MR) is 81.3 cm³/mol. The molecule has 1 aromatic rings. The summed E-state index contributed by atoms with van der Waals surface area (Å²) in [5, 5.41) is 0. The highest BCUT2D eigenvalue weighted by atomic mass is 16.5. The van der Waals surface area contributed by atoms with Crippen LogP contribution in [0.2, 0.25) is 0 Å². The van der Waals surface area contributed by atoms with Crippen LogP contribution in [0.25, 0.3) is 0 Å². The summed E-state index contributed by atoms with van der Waals surface area (Å²) < 4.78 is 10.6. The molecule has 112 valence electrons. The molecule has 0 heterocycles. The van der Waals surface area contributed by atoms with Crippen molar-refractivity contribution in [3.8, 4) is 5.75 Å².